The van der Waals surface area contributed by atoms with Crippen LogP contribution in [0.1, 0.15) is 23.0 Å². The van der Waals surface area contributed by atoms with Crippen LogP contribution < -0.4 is 11.2 Å². The molecular weight excluding hydrogens is 465 g/mol. The molecule has 2 aromatic carbocycles. The van der Waals surface area contributed by atoms with Crippen molar-refractivity contribution in [3.05, 3.63) is 91.5 Å². The van der Waals surface area contributed by atoms with E-state index in [9.17, 15) is 23.6 Å². The molecule has 0 atom stereocenters. The summed E-state index contributed by atoms with van der Waals surface area (Å²) < 4.78 is 16.0. The molecule has 1 aromatic heterocycles. The Morgan fingerprint density at radius 3 is 2.32 bits per heavy atom. The molecule has 1 aliphatic rings. The first-order valence-corrected chi connectivity index (χ1v) is 10.9. The maximum Gasteiger partial charge on any atom is 0.352 e. The van der Waals surface area contributed by atoms with Crippen LogP contribution in [0.2, 0.25) is 5.02 Å². The fourth-order valence-corrected chi connectivity index (χ4v) is 3.92. The second-order valence-electron chi connectivity index (χ2n) is 7.80. The number of carbonyl (C=O) groups excluding carboxylic acids is 2. The molecule has 34 heavy (non-hydrogen) atoms. The van der Waals surface area contributed by atoms with Gasteiger partial charge in [0.05, 0.1) is 12.2 Å². The van der Waals surface area contributed by atoms with Crippen LogP contribution in [0.3, 0.4) is 0 Å². The van der Waals surface area contributed by atoms with Gasteiger partial charge in [0.2, 0.25) is 11.6 Å². The molecule has 176 valence electrons. The van der Waals surface area contributed by atoms with Gasteiger partial charge in [0.15, 0.2) is 0 Å². The third-order valence-corrected chi connectivity index (χ3v) is 5.85. The fourth-order valence-electron chi connectivity index (χ4n) is 3.74. The molecule has 2 amide bonds. The molecule has 0 unspecified atom stereocenters. The second-order valence-corrected chi connectivity index (χ2v) is 8.24. The van der Waals surface area contributed by atoms with Gasteiger partial charge in [-0.2, -0.15) is 9.78 Å². The first-order valence-electron chi connectivity index (χ1n) is 10.5. The van der Waals surface area contributed by atoms with Crippen LogP contribution in [0.15, 0.2) is 58.1 Å². The first kappa shape index (κ1) is 23.4. The third-order valence-electron chi connectivity index (χ3n) is 5.61. The van der Waals surface area contributed by atoms with E-state index in [1.54, 1.807) is 29.2 Å². The number of halogens is 2. The van der Waals surface area contributed by atoms with Crippen LogP contribution >= 0.6 is 11.6 Å². The van der Waals surface area contributed by atoms with Gasteiger partial charge in [0.1, 0.15) is 5.82 Å². The predicted molar refractivity (Wildman–Crippen MR) is 123 cm³/mol. The van der Waals surface area contributed by atoms with E-state index in [0.29, 0.717) is 18.1 Å². The number of carbonyl (C=O) groups is 2. The molecule has 4 rings (SSSR count). The molecule has 0 N–H and O–H groups in total. The largest absolute Gasteiger partial charge is 0.352 e. The molecule has 1 fully saturated rings. The lowest BCUT2D eigenvalue weighted by atomic mass is 10.2. The SMILES string of the molecule is CC(=O)N1CCN(C(=O)c2nn(-c3cccc(Cl)c3)c(=O)n(Cc3ccccc3F)c2=O)CC1. The van der Waals surface area contributed by atoms with Crippen molar-refractivity contribution in [3.8, 4) is 5.69 Å². The Bertz CT molecular complexity index is 1380. The van der Waals surface area contributed by atoms with Crippen molar-refractivity contribution in [2.24, 2.45) is 0 Å². The quantitative estimate of drug-likeness (QED) is 0.558. The number of hydrogen-bond acceptors (Lipinski definition) is 5. The van der Waals surface area contributed by atoms with E-state index in [1.807, 2.05) is 0 Å². The van der Waals surface area contributed by atoms with Gasteiger partial charge in [0, 0.05) is 43.7 Å². The van der Waals surface area contributed by atoms with Gasteiger partial charge >= 0.3 is 5.69 Å². The van der Waals surface area contributed by atoms with Gasteiger partial charge in [-0.05, 0) is 24.3 Å². The van der Waals surface area contributed by atoms with E-state index in [1.165, 1.54) is 36.1 Å². The summed E-state index contributed by atoms with van der Waals surface area (Å²) in [6.07, 6.45) is 0. The van der Waals surface area contributed by atoms with Crippen molar-refractivity contribution in [2.45, 2.75) is 13.5 Å². The smallest absolute Gasteiger partial charge is 0.339 e. The minimum Gasteiger partial charge on any atom is -0.339 e. The average Bonchev–Trinajstić information content (AvgIpc) is 2.82. The van der Waals surface area contributed by atoms with E-state index >= 15 is 0 Å². The summed E-state index contributed by atoms with van der Waals surface area (Å²) in [5.74, 6) is -1.37. The number of hydrogen-bond donors (Lipinski definition) is 0. The predicted octanol–water partition coefficient (Wildman–Crippen LogP) is 1.54. The summed E-state index contributed by atoms with van der Waals surface area (Å²) in [4.78, 5) is 54.3. The summed E-state index contributed by atoms with van der Waals surface area (Å²) in [5, 5.41) is 4.41. The average molecular weight is 486 g/mol. The summed E-state index contributed by atoms with van der Waals surface area (Å²) >= 11 is 6.06. The Hall–Kier alpha value is -3.79. The van der Waals surface area contributed by atoms with Crippen molar-refractivity contribution >= 4 is 23.4 Å². The van der Waals surface area contributed by atoms with Crippen LogP contribution in [-0.2, 0) is 11.3 Å². The molecule has 0 aliphatic carbocycles. The molecule has 3 aromatic rings. The molecule has 1 saturated heterocycles. The third kappa shape index (κ3) is 4.62. The Labute approximate surface area is 198 Å². The molecule has 0 spiro atoms. The fraction of sp³-hybridized carbons (Fsp3) is 0.261. The lowest BCUT2D eigenvalue weighted by molar-refractivity contribution is -0.130. The standard InChI is InChI=1S/C23H21ClFN5O4/c1-15(31)27-9-11-28(12-10-27)21(32)20-22(33)29(14-16-5-2-3-8-19(16)25)23(34)30(26-20)18-7-4-6-17(24)13-18/h2-8,13H,9-12,14H2,1H3. The molecule has 0 saturated carbocycles. The van der Waals surface area contributed by atoms with E-state index in [-0.39, 0.29) is 36.8 Å². The lowest BCUT2D eigenvalue weighted by Gasteiger charge is -2.33. The van der Waals surface area contributed by atoms with Crippen LogP contribution in [0.5, 0.6) is 0 Å². The zero-order chi connectivity index (χ0) is 24.4. The molecule has 9 nitrogen and oxygen atoms in total. The maximum atomic E-state index is 14.3. The molecule has 0 bridgehead atoms. The van der Waals surface area contributed by atoms with Gasteiger partial charge < -0.3 is 9.80 Å². The van der Waals surface area contributed by atoms with Gasteiger partial charge in [-0.25, -0.2) is 9.18 Å². The lowest BCUT2D eigenvalue weighted by Crippen LogP contribution is -2.52. The highest BCUT2D eigenvalue weighted by molar-refractivity contribution is 6.30. The van der Waals surface area contributed by atoms with Gasteiger partial charge in [-0.15, -0.1) is 0 Å². The van der Waals surface area contributed by atoms with Crippen molar-refractivity contribution in [1.82, 2.24) is 24.1 Å². The van der Waals surface area contributed by atoms with E-state index < -0.39 is 28.7 Å². The van der Waals surface area contributed by atoms with Crippen LogP contribution in [0.25, 0.3) is 5.69 Å². The van der Waals surface area contributed by atoms with Crippen LogP contribution in [0.4, 0.5) is 4.39 Å². The highest BCUT2D eigenvalue weighted by Gasteiger charge is 2.28. The number of benzene rings is 2. The van der Waals surface area contributed by atoms with Gasteiger partial charge in [0.25, 0.3) is 11.5 Å². The zero-order valence-corrected chi connectivity index (χ0v) is 19.0. The highest BCUT2D eigenvalue weighted by Crippen LogP contribution is 2.13. The summed E-state index contributed by atoms with van der Waals surface area (Å²) in [6.45, 7) is 2.12. The topological polar surface area (TPSA) is 97.5 Å². The van der Waals surface area contributed by atoms with Gasteiger partial charge in [-0.1, -0.05) is 35.9 Å². The van der Waals surface area contributed by atoms with Crippen molar-refractivity contribution in [1.29, 1.82) is 0 Å². The number of nitrogens with zero attached hydrogens (tertiary/aromatic N) is 5. The van der Waals surface area contributed by atoms with Crippen molar-refractivity contribution < 1.29 is 14.0 Å². The maximum absolute atomic E-state index is 14.3. The Balaban J connectivity index is 1.81. The summed E-state index contributed by atoms with van der Waals surface area (Å²) in [5.41, 5.74) is -1.89. The van der Waals surface area contributed by atoms with E-state index in [0.717, 1.165) is 9.25 Å². The molecule has 1 aliphatic heterocycles. The molecule has 2 heterocycles. The first-order chi connectivity index (χ1) is 16.3. The Morgan fingerprint density at radius 2 is 1.68 bits per heavy atom. The highest BCUT2D eigenvalue weighted by atomic mass is 35.5. The van der Waals surface area contributed by atoms with E-state index in [2.05, 4.69) is 5.10 Å². The normalized spacial score (nSPS) is 13.7. The number of aromatic nitrogens is 3. The number of amides is 2. The van der Waals surface area contributed by atoms with Crippen LogP contribution in [-0.4, -0.2) is 62.1 Å². The Morgan fingerprint density at radius 1 is 1.00 bits per heavy atom. The summed E-state index contributed by atoms with van der Waals surface area (Å²) in [7, 11) is 0. The molecule has 0 radical (unpaired) electrons. The zero-order valence-electron chi connectivity index (χ0n) is 18.3. The monoisotopic (exact) mass is 485 g/mol. The van der Waals surface area contributed by atoms with Crippen molar-refractivity contribution in [3.63, 3.8) is 0 Å². The number of rotatable bonds is 4. The summed E-state index contributed by atoms with van der Waals surface area (Å²) in [6, 6.07) is 12.0. The minimum absolute atomic E-state index is 0.105. The van der Waals surface area contributed by atoms with E-state index in [4.69, 9.17) is 11.6 Å². The molecule has 11 heteroatoms. The van der Waals surface area contributed by atoms with Gasteiger partial charge in [-0.3, -0.25) is 19.0 Å². The Kier molecular flexibility index (Phi) is 6.60. The van der Waals surface area contributed by atoms with Crippen molar-refractivity contribution in [2.75, 3.05) is 26.2 Å². The van der Waals surface area contributed by atoms with Crippen LogP contribution in [0, 0.1) is 5.82 Å². The second kappa shape index (κ2) is 9.60. The minimum atomic E-state index is -0.925. The number of piperazine rings is 1. The molecular formula is C23H21ClFN5O4.